The van der Waals surface area contributed by atoms with Crippen molar-refractivity contribution >= 4 is 15.7 Å². The fraction of sp³-hybridized carbons (Fsp3) is 0.571. The summed E-state index contributed by atoms with van der Waals surface area (Å²) in [5.74, 6) is 0.964. The molecule has 1 aliphatic carbocycles. The van der Waals surface area contributed by atoms with Gasteiger partial charge in [-0.1, -0.05) is 13.8 Å². The van der Waals surface area contributed by atoms with E-state index in [0.717, 1.165) is 6.42 Å². The van der Waals surface area contributed by atoms with Crippen LogP contribution in [0.25, 0.3) is 0 Å². The van der Waals surface area contributed by atoms with Crippen LogP contribution in [0.1, 0.15) is 20.3 Å². The molecule has 0 aromatic heterocycles. The molecule has 3 N–H and O–H groups in total. The van der Waals surface area contributed by atoms with Gasteiger partial charge in [-0.25, -0.2) is 13.1 Å². The third kappa shape index (κ3) is 3.24. The molecule has 7 heteroatoms. The largest absolute Gasteiger partial charge is 0.495 e. The minimum Gasteiger partial charge on any atom is -0.495 e. The molecular formula is C14H22N2O4S. The molecule has 1 aromatic rings. The monoisotopic (exact) mass is 314 g/mol. The number of nitrogen functional groups attached to an aromatic ring is 1. The quantitative estimate of drug-likeness (QED) is 0.779. The van der Waals surface area contributed by atoms with Gasteiger partial charge in [0, 0.05) is 12.6 Å². The molecule has 0 spiro atoms. The molecule has 1 aromatic carbocycles. The molecule has 1 aliphatic rings. The van der Waals surface area contributed by atoms with Gasteiger partial charge in [0.1, 0.15) is 16.4 Å². The van der Waals surface area contributed by atoms with Gasteiger partial charge in [0.2, 0.25) is 10.0 Å². The van der Waals surface area contributed by atoms with E-state index >= 15 is 0 Å². The number of benzene rings is 1. The van der Waals surface area contributed by atoms with Gasteiger partial charge in [-0.15, -0.1) is 0 Å². The Morgan fingerprint density at radius 1 is 1.29 bits per heavy atom. The Morgan fingerprint density at radius 3 is 2.33 bits per heavy atom. The highest BCUT2D eigenvalue weighted by atomic mass is 32.2. The van der Waals surface area contributed by atoms with Gasteiger partial charge in [0.05, 0.1) is 19.9 Å². The fourth-order valence-corrected chi connectivity index (χ4v) is 3.58. The first-order valence-electron chi connectivity index (χ1n) is 6.72. The Kier molecular flexibility index (Phi) is 4.08. The molecule has 118 valence electrons. The zero-order valence-electron chi connectivity index (χ0n) is 12.8. The average molecular weight is 314 g/mol. The van der Waals surface area contributed by atoms with E-state index in [2.05, 4.69) is 18.6 Å². The highest BCUT2D eigenvalue weighted by Gasteiger charge is 2.45. The molecule has 1 unspecified atom stereocenters. The van der Waals surface area contributed by atoms with Crippen molar-refractivity contribution in [2.75, 3.05) is 26.5 Å². The topological polar surface area (TPSA) is 90.6 Å². The van der Waals surface area contributed by atoms with Crippen LogP contribution in [-0.2, 0) is 10.0 Å². The van der Waals surface area contributed by atoms with Crippen LogP contribution in [0.3, 0.4) is 0 Å². The van der Waals surface area contributed by atoms with Crippen molar-refractivity contribution in [2.24, 2.45) is 11.3 Å². The Hall–Kier alpha value is -1.47. The zero-order valence-corrected chi connectivity index (χ0v) is 13.6. The molecule has 6 nitrogen and oxygen atoms in total. The number of hydrogen-bond acceptors (Lipinski definition) is 5. The molecule has 0 bridgehead atoms. The van der Waals surface area contributed by atoms with Crippen LogP contribution in [0, 0.1) is 11.3 Å². The minimum absolute atomic E-state index is 0.0294. The summed E-state index contributed by atoms with van der Waals surface area (Å²) in [7, 11) is -0.791. The standard InChI is InChI=1S/C14H22N2O4S/c1-14(2)7-9(14)8-16-21(17,18)13-5-10(15)11(19-3)6-12(13)20-4/h5-6,9,16H,7-8,15H2,1-4H3. The molecular weight excluding hydrogens is 292 g/mol. The van der Waals surface area contributed by atoms with Gasteiger partial charge < -0.3 is 15.2 Å². The summed E-state index contributed by atoms with van der Waals surface area (Å²) >= 11 is 0. The van der Waals surface area contributed by atoms with E-state index in [4.69, 9.17) is 15.2 Å². The Balaban J connectivity index is 2.24. The molecule has 0 heterocycles. The van der Waals surface area contributed by atoms with E-state index < -0.39 is 10.0 Å². The van der Waals surface area contributed by atoms with E-state index in [1.54, 1.807) is 0 Å². The van der Waals surface area contributed by atoms with Gasteiger partial charge in [0.15, 0.2) is 0 Å². The lowest BCUT2D eigenvalue weighted by Crippen LogP contribution is -2.27. The second-order valence-corrected chi connectivity index (χ2v) is 7.72. The second-order valence-electron chi connectivity index (χ2n) is 5.99. The van der Waals surface area contributed by atoms with Crippen molar-refractivity contribution in [3.63, 3.8) is 0 Å². The van der Waals surface area contributed by atoms with E-state index in [0.29, 0.717) is 18.2 Å². The van der Waals surface area contributed by atoms with Crippen LogP contribution in [0.5, 0.6) is 11.5 Å². The van der Waals surface area contributed by atoms with E-state index in [9.17, 15) is 8.42 Å². The molecule has 2 rings (SSSR count). The summed E-state index contributed by atoms with van der Waals surface area (Å²) in [5, 5.41) is 0. The van der Waals surface area contributed by atoms with Crippen molar-refractivity contribution in [1.82, 2.24) is 4.72 Å². The lowest BCUT2D eigenvalue weighted by molar-refractivity contribution is 0.387. The number of nitrogens with two attached hydrogens (primary N) is 1. The Labute approximate surface area is 125 Å². The number of nitrogens with one attached hydrogen (secondary N) is 1. The molecule has 0 radical (unpaired) electrons. The maximum Gasteiger partial charge on any atom is 0.244 e. The first-order chi connectivity index (χ1) is 9.71. The predicted molar refractivity (Wildman–Crippen MR) is 81.0 cm³/mol. The number of sulfonamides is 1. The number of anilines is 1. The van der Waals surface area contributed by atoms with E-state index in [-0.39, 0.29) is 21.7 Å². The summed E-state index contributed by atoms with van der Waals surface area (Å²) in [4.78, 5) is 0.0294. The maximum atomic E-state index is 12.4. The van der Waals surface area contributed by atoms with Crippen LogP contribution in [0.4, 0.5) is 5.69 Å². The highest BCUT2D eigenvalue weighted by molar-refractivity contribution is 7.89. The van der Waals surface area contributed by atoms with Crippen molar-refractivity contribution in [2.45, 2.75) is 25.2 Å². The van der Waals surface area contributed by atoms with E-state index in [1.807, 2.05) is 0 Å². The first-order valence-corrected chi connectivity index (χ1v) is 8.21. The molecule has 0 saturated heterocycles. The molecule has 0 aliphatic heterocycles. The molecule has 1 saturated carbocycles. The maximum absolute atomic E-state index is 12.4. The highest BCUT2D eigenvalue weighted by Crippen LogP contribution is 2.51. The van der Waals surface area contributed by atoms with Crippen LogP contribution >= 0.6 is 0 Å². The number of hydrogen-bond donors (Lipinski definition) is 2. The van der Waals surface area contributed by atoms with Crippen LogP contribution in [-0.4, -0.2) is 29.2 Å². The van der Waals surface area contributed by atoms with Crippen molar-refractivity contribution in [3.8, 4) is 11.5 Å². The lowest BCUT2D eigenvalue weighted by atomic mass is 10.1. The van der Waals surface area contributed by atoms with Gasteiger partial charge >= 0.3 is 0 Å². The lowest BCUT2D eigenvalue weighted by Gasteiger charge is -2.14. The van der Waals surface area contributed by atoms with Crippen LogP contribution in [0.15, 0.2) is 17.0 Å². The van der Waals surface area contributed by atoms with Gasteiger partial charge in [0.25, 0.3) is 0 Å². The average Bonchev–Trinajstić information content (AvgIpc) is 3.04. The fourth-order valence-electron chi connectivity index (χ4n) is 2.32. The van der Waals surface area contributed by atoms with Crippen molar-refractivity contribution < 1.29 is 17.9 Å². The third-order valence-corrected chi connectivity index (χ3v) is 5.49. The number of rotatable bonds is 6. The van der Waals surface area contributed by atoms with Crippen molar-refractivity contribution in [1.29, 1.82) is 0 Å². The smallest absolute Gasteiger partial charge is 0.244 e. The number of methoxy groups -OCH3 is 2. The van der Waals surface area contributed by atoms with Gasteiger partial charge in [-0.05, 0) is 23.8 Å². The molecule has 1 fully saturated rings. The first kappa shape index (κ1) is 15.9. The van der Waals surface area contributed by atoms with Crippen LogP contribution in [0.2, 0.25) is 0 Å². The number of ether oxygens (including phenoxy) is 2. The molecule has 21 heavy (non-hydrogen) atoms. The zero-order chi connectivity index (χ0) is 15.8. The van der Waals surface area contributed by atoms with Gasteiger partial charge in [-0.2, -0.15) is 0 Å². The van der Waals surface area contributed by atoms with E-state index in [1.165, 1.54) is 26.4 Å². The molecule has 1 atom stereocenters. The summed E-state index contributed by atoms with van der Waals surface area (Å²) < 4.78 is 37.7. The third-order valence-electron chi connectivity index (χ3n) is 4.04. The Bertz CT molecular complexity index is 641. The summed E-state index contributed by atoms with van der Waals surface area (Å²) in [5.41, 5.74) is 6.26. The minimum atomic E-state index is -3.67. The van der Waals surface area contributed by atoms with Crippen molar-refractivity contribution in [3.05, 3.63) is 12.1 Å². The van der Waals surface area contributed by atoms with Crippen LogP contribution < -0.4 is 19.9 Å². The summed E-state index contributed by atoms with van der Waals surface area (Å²) in [6.07, 6.45) is 1.03. The Morgan fingerprint density at radius 2 is 1.86 bits per heavy atom. The molecule has 0 amide bonds. The van der Waals surface area contributed by atoms with Gasteiger partial charge in [-0.3, -0.25) is 0 Å². The summed E-state index contributed by atoms with van der Waals surface area (Å²) in [6, 6.07) is 2.84. The SMILES string of the molecule is COc1cc(OC)c(S(=O)(=O)NCC2CC2(C)C)cc1N. The predicted octanol–water partition coefficient (Wildman–Crippen LogP) is 1.61. The second kappa shape index (κ2) is 5.38. The normalized spacial score (nSPS) is 20.1. The summed E-state index contributed by atoms with van der Waals surface area (Å²) in [6.45, 7) is 4.67.